The molecular formula is C11H15N3O2S. The number of nitrogens with zero attached hydrogens (tertiary/aromatic N) is 3. The van der Waals surface area contributed by atoms with Crippen molar-refractivity contribution >= 4 is 23.2 Å². The van der Waals surface area contributed by atoms with Crippen molar-refractivity contribution in [2.75, 3.05) is 27.2 Å². The molecule has 1 aromatic heterocycles. The molecule has 0 spiro atoms. The fraction of sp³-hybridized carbons (Fsp3) is 0.545. The molecule has 1 aliphatic rings. The first-order chi connectivity index (χ1) is 8.09. The molecule has 92 valence electrons. The molecule has 5 nitrogen and oxygen atoms in total. The fourth-order valence-electron chi connectivity index (χ4n) is 1.99. The molecule has 0 aliphatic carbocycles. The first kappa shape index (κ1) is 12.0. The monoisotopic (exact) mass is 253 g/mol. The van der Waals surface area contributed by atoms with Crippen molar-refractivity contribution in [3.8, 4) is 0 Å². The van der Waals surface area contributed by atoms with Crippen LogP contribution in [0.3, 0.4) is 0 Å². The molecule has 1 fully saturated rings. The number of rotatable bonds is 2. The van der Waals surface area contributed by atoms with Crippen LogP contribution < -0.4 is 0 Å². The van der Waals surface area contributed by atoms with Gasteiger partial charge >= 0.3 is 0 Å². The summed E-state index contributed by atoms with van der Waals surface area (Å²) >= 11 is 1.40. The minimum absolute atomic E-state index is 0.0624. The van der Waals surface area contributed by atoms with E-state index in [1.807, 2.05) is 0 Å². The van der Waals surface area contributed by atoms with Crippen LogP contribution in [0, 0.1) is 5.92 Å². The number of carbonyl (C=O) groups is 2. The first-order valence-corrected chi connectivity index (χ1v) is 6.42. The Bertz CT molecular complexity index is 416. The van der Waals surface area contributed by atoms with Gasteiger partial charge in [0, 0.05) is 32.6 Å². The van der Waals surface area contributed by atoms with Gasteiger partial charge in [-0.3, -0.25) is 9.59 Å². The predicted octanol–water partition coefficient (Wildman–Crippen LogP) is 0.693. The molecule has 1 saturated heterocycles. The van der Waals surface area contributed by atoms with Gasteiger partial charge in [0.1, 0.15) is 5.69 Å². The molecule has 0 bridgehead atoms. The Balaban J connectivity index is 1.99. The average Bonchev–Trinajstić information content (AvgIpc) is 2.98. The van der Waals surface area contributed by atoms with Gasteiger partial charge < -0.3 is 9.80 Å². The van der Waals surface area contributed by atoms with E-state index in [0.29, 0.717) is 18.8 Å². The Morgan fingerprint density at radius 3 is 2.88 bits per heavy atom. The molecule has 2 heterocycles. The molecule has 0 radical (unpaired) electrons. The van der Waals surface area contributed by atoms with Crippen LogP contribution in [0.2, 0.25) is 0 Å². The third-order valence-corrected chi connectivity index (χ3v) is 3.50. The van der Waals surface area contributed by atoms with Crippen LogP contribution in [0.4, 0.5) is 0 Å². The molecule has 0 N–H and O–H groups in total. The van der Waals surface area contributed by atoms with Gasteiger partial charge in [-0.15, -0.1) is 11.3 Å². The Morgan fingerprint density at radius 2 is 2.29 bits per heavy atom. The summed E-state index contributed by atoms with van der Waals surface area (Å²) < 4.78 is 0. The van der Waals surface area contributed by atoms with E-state index in [-0.39, 0.29) is 17.7 Å². The van der Waals surface area contributed by atoms with Gasteiger partial charge in [-0.1, -0.05) is 0 Å². The summed E-state index contributed by atoms with van der Waals surface area (Å²) in [7, 11) is 3.49. The zero-order chi connectivity index (χ0) is 12.4. The molecule has 1 atom stereocenters. The molecule has 1 aliphatic heterocycles. The van der Waals surface area contributed by atoms with Crippen molar-refractivity contribution < 1.29 is 9.59 Å². The van der Waals surface area contributed by atoms with Crippen molar-refractivity contribution in [2.45, 2.75) is 6.42 Å². The molecule has 0 saturated carbocycles. The van der Waals surface area contributed by atoms with E-state index in [9.17, 15) is 9.59 Å². The van der Waals surface area contributed by atoms with E-state index < -0.39 is 0 Å². The lowest BCUT2D eigenvalue weighted by atomic mass is 10.1. The summed E-state index contributed by atoms with van der Waals surface area (Å²) in [5.41, 5.74) is 2.12. The maximum atomic E-state index is 12.0. The van der Waals surface area contributed by atoms with Crippen molar-refractivity contribution in [1.29, 1.82) is 0 Å². The predicted molar refractivity (Wildman–Crippen MR) is 64.8 cm³/mol. The highest BCUT2D eigenvalue weighted by Gasteiger charge is 2.32. The van der Waals surface area contributed by atoms with Crippen molar-refractivity contribution in [3.05, 3.63) is 16.6 Å². The lowest BCUT2D eigenvalue weighted by Crippen LogP contribution is -2.34. The van der Waals surface area contributed by atoms with Gasteiger partial charge in [-0.05, 0) is 6.42 Å². The van der Waals surface area contributed by atoms with E-state index in [2.05, 4.69) is 4.98 Å². The van der Waals surface area contributed by atoms with Gasteiger partial charge in [-0.2, -0.15) is 0 Å². The maximum absolute atomic E-state index is 12.0. The summed E-state index contributed by atoms with van der Waals surface area (Å²) in [5.74, 6) is -0.0357. The van der Waals surface area contributed by atoms with Crippen LogP contribution in [0.1, 0.15) is 16.9 Å². The summed E-state index contributed by atoms with van der Waals surface area (Å²) in [4.78, 5) is 31.1. The van der Waals surface area contributed by atoms with E-state index in [4.69, 9.17) is 0 Å². The van der Waals surface area contributed by atoms with Crippen LogP contribution >= 0.6 is 11.3 Å². The summed E-state index contributed by atoms with van der Waals surface area (Å²) in [6.07, 6.45) is 0.743. The largest absolute Gasteiger partial charge is 0.349 e. The normalized spacial score (nSPS) is 19.4. The molecule has 6 heteroatoms. The average molecular weight is 253 g/mol. The second-order valence-electron chi connectivity index (χ2n) is 4.34. The summed E-state index contributed by atoms with van der Waals surface area (Å²) in [6.45, 7) is 1.15. The van der Waals surface area contributed by atoms with E-state index in [1.54, 1.807) is 34.8 Å². The number of thiazole rings is 1. The Labute approximate surface area is 104 Å². The number of aromatic nitrogens is 1. The fourth-order valence-corrected chi connectivity index (χ4v) is 2.52. The lowest BCUT2D eigenvalue weighted by Gasteiger charge is -2.17. The van der Waals surface area contributed by atoms with Crippen LogP contribution in [0.25, 0.3) is 0 Å². The van der Waals surface area contributed by atoms with Crippen molar-refractivity contribution in [2.24, 2.45) is 5.92 Å². The molecule has 17 heavy (non-hydrogen) atoms. The minimum atomic E-state index is -0.0692. The van der Waals surface area contributed by atoms with Gasteiger partial charge in [0.15, 0.2) is 0 Å². The molecule has 0 aromatic carbocycles. The highest BCUT2D eigenvalue weighted by Crippen LogP contribution is 2.20. The van der Waals surface area contributed by atoms with Crippen LogP contribution in [0.5, 0.6) is 0 Å². The van der Waals surface area contributed by atoms with Gasteiger partial charge in [-0.25, -0.2) is 4.98 Å². The second kappa shape index (κ2) is 4.83. The zero-order valence-electron chi connectivity index (χ0n) is 9.92. The standard InChI is InChI=1S/C11H15N3O2S/c1-13(2)10(15)8-3-4-14(5-8)11(16)9-6-17-7-12-9/h6-8H,3-5H2,1-2H3/t8-/m1/s1. The SMILES string of the molecule is CN(C)C(=O)[C@@H]1CCN(C(=O)c2cscn2)C1. The van der Waals surface area contributed by atoms with Crippen molar-refractivity contribution in [3.63, 3.8) is 0 Å². The van der Waals surface area contributed by atoms with Crippen LogP contribution in [0.15, 0.2) is 10.9 Å². The topological polar surface area (TPSA) is 53.5 Å². The number of amides is 2. The highest BCUT2D eigenvalue weighted by atomic mass is 32.1. The lowest BCUT2D eigenvalue weighted by molar-refractivity contribution is -0.132. The van der Waals surface area contributed by atoms with Gasteiger partial charge in [0.05, 0.1) is 11.4 Å². The van der Waals surface area contributed by atoms with E-state index in [1.165, 1.54) is 11.3 Å². The molecule has 2 amide bonds. The second-order valence-corrected chi connectivity index (χ2v) is 5.06. The quantitative estimate of drug-likeness (QED) is 0.779. The maximum Gasteiger partial charge on any atom is 0.273 e. The number of hydrogen-bond acceptors (Lipinski definition) is 4. The highest BCUT2D eigenvalue weighted by molar-refractivity contribution is 7.07. The zero-order valence-corrected chi connectivity index (χ0v) is 10.7. The van der Waals surface area contributed by atoms with E-state index in [0.717, 1.165) is 6.42 Å². The molecule has 0 unspecified atom stereocenters. The first-order valence-electron chi connectivity index (χ1n) is 5.48. The Morgan fingerprint density at radius 1 is 1.53 bits per heavy atom. The summed E-state index contributed by atoms with van der Waals surface area (Å²) in [5, 5.41) is 1.74. The number of carbonyl (C=O) groups excluding carboxylic acids is 2. The Hall–Kier alpha value is -1.43. The minimum Gasteiger partial charge on any atom is -0.349 e. The number of hydrogen-bond donors (Lipinski definition) is 0. The smallest absolute Gasteiger partial charge is 0.273 e. The summed E-state index contributed by atoms with van der Waals surface area (Å²) in [6, 6.07) is 0. The number of likely N-dealkylation sites (tertiary alicyclic amines) is 1. The molecule has 2 rings (SSSR count). The third-order valence-electron chi connectivity index (χ3n) is 2.92. The Kier molecular flexibility index (Phi) is 3.42. The van der Waals surface area contributed by atoms with E-state index >= 15 is 0 Å². The van der Waals surface area contributed by atoms with Gasteiger partial charge in [0.2, 0.25) is 5.91 Å². The van der Waals surface area contributed by atoms with Crippen molar-refractivity contribution in [1.82, 2.24) is 14.8 Å². The van der Waals surface area contributed by atoms with Crippen LogP contribution in [-0.4, -0.2) is 53.8 Å². The molecule has 1 aromatic rings. The third kappa shape index (κ3) is 2.46. The molecular weight excluding hydrogens is 238 g/mol. The van der Waals surface area contributed by atoms with Gasteiger partial charge in [0.25, 0.3) is 5.91 Å². The van der Waals surface area contributed by atoms with Crippen LogP contribution in [-0.2, 0) is 4.79 Å².